The molecule has 0 saturated carbocycles. The summed E-state index contributed by atoms with van der Waals surface area (Å²) in [7, 11) is 0. The third-order valence-corrected chi connectivity index (χ3v) is 7.29. The first kappa shape index (κ1) is 30.4. The number of hydrogen-bond donors (Lipinski definition) is 5. The summed E-state index contributed by atoms with van der Waals surface area (Å²) in [6, 6.07) is 7.67. The van der Waals surface area contributed by atoms with Crippen LogP contribution in [-0.2, 0) is 5.41 Å². The van der Waals surface area contributed by atoms with Crippen LogP contribution in [0.15, 0.2) is 120 Å². The van der Waals surface area contributed by atoms with Crippen LogP contribution in [0.3, 0.4) is 0 Å². The SMILES string of the molecule is CC1(C)C=C/C=C(\N)C(C)(c2ccc(N)cc2)/C(N)=C/C=C/C(C)(C)/C=C/C=C(\N)C(C)(C)/C(N)=C/C=C/1. The minimum absolute atomic E-state index is 0.240. The molecule has 5 nitrogen and oxygen atoms in total. The van der Waals surface area contributed by atoms with Crippen molar-refractivity contribution in [3.63, 3.8) is 0 Å². The quantitative estimate of drug-likeness (QED) is 0.285. The number of nitrogen functional groups attached to an aromatic ring is 1. The molecule has 1 aliphatic rings. The molecule has 0 spiro atoms. The van der Waals surface area contributed by atoms with Gasteiger partial charge in [-0.05, 0) is 62.8 Å². The highest BCUT2D eigenvalue weighted by molar-refractivity contribution is 5.50. The Morgan fingerprint density at radius 1 is 0.447 bits per heavy atom. The van der Waals surface area contributed by atoms with Gasteiger partial charge in [0.05, 0.1) is 5.41 Å². The van der Waals surface area contributed by atoms with E-state index in [1.54, 1.807) is 0 Å². The molecule has 204 valence electrons. The average molecular weight is 514 g/mol. The molecule has 2 rings (SSSR count). The molecule has 1 aromatic carbocycles. The van der Waals surface area contributed by atoms with Crippen LogP contribution in [-0.4, -0.2) is 0 Å². The topological polar surface area (TPSA) is 130 Å². The van der Waals surface area contributed by atoms with Crippen LogP contribution in [0.5, 0.6) is 0 Å². The van der Waals surface area contributed by atoms with Crippen molar-refractivity contribution in [1.82, 2.24) is 0 Å². The standard InChI is InChI=1S/C33H47N5/c1-30(2)20-8-12-26(35)32(5,6)27(36)13-9-21-31(3,4)23-11-15-29(38)33(7,28(37)14-10-22-30)24-16-18-25(34)19-17-24/h8-23H,34-38H2,1-7H3/b20-8+,21-9+,22-10+,23-11?,26-12-,27-13-,28-14-,29-15-. The molecule has 0 heterocycles. The van der Waals surface area contributed by atoms with Crippen LogP contribution in [0.2, 0.25) is 0 Å². The van der Waals surface area contributed by atoms with E-state index >= 15 is 0 Å². The molecule has 0 aliphatic heterocycles. The lowest BCUT2D eigenvalue weighted by Gasteiger charge is -2.32. The fraction of sp³-hybridized carbons (Fsp3) is 0.333. The highest BCUT2D eigenvalue weighted by Gasteiger charge is 2.32. The Labute approximate surface area is 229 Å². The van der Waals surface area contributed by atoms with E-state index < -0.39 is 10.8 Å². The van der Waals surface area contributed by atoms with Gasteiger partial charge in [-0.25, -0.2) is 0 Å². The number of allylic oxidation sites excluding steroid dienone is 12. The van der Waals surface area contributed by atoms with Crippen LogP contribution in [0.1, 0.15) is 54.0 Å². The molecule has 0 radical (unpaired) electrons. The van der Waals surface area contributed by atoms with Gasteiger partial charge in [0.25, 0.3) is 0 Å². The van der Waals surface area contributed by atoms with Crippen LogP contribution in [0, 0.1) is 16.2 Å². The van der Waals surface area contributed by atoms with Gasteiger partial charge in [-0.15, -0.1) is 0 Å². The van der Waals surface area contributed by atoms with E-state index in [0.29, 0.717) is 28.5 Å². The van der Waals surface area contributed by atoms with Crippen molar-refractivity contribution in [2.24, 2.45) is 39.2 Å². The fourth-order valence-electron chi connectivity index (χ4n) is 3.94. The Balaban J connectivity index is 2.69. The van der Waals surface area contributed by atoms with Crippen LogP contribution >= 0.6 is 0 Å². The summed E-state index contributed by atoms with van der Waals surface area (Å²) >= 11 is 0. The maximum Gasteiger partial charge on any atom is 0.0712 e. The molecule has 5 heteroatoms. The second-order valence-electron chi connectivity index (χ2n) is 11.9. The average Bonchev–Trinajstić information content (AvgIpc) is 2.82. The van der Waals surface area contributed by atoms with Crippen molar-refractivity contribution in [2.45, 2.75) is 53.9 Å². The third kappa shape index (κ3) is 7.58. The minimum atomic E-state index is -0.733. The highest BCUT2D eigenvalue weighted by Crippen LogP contribution is 2.36. The molecule has 1 unspecified atom stereocenters. The Morgan fingerprint density at radius 3 is 1.11 bits per heavy atom. The van der Waals surface area contributed by atoms with Crippen molar-refractivity contribution in [1.29, 1.82) is 0 Å². The number of hydrogen-bond acceptors (Lipinski definition) is 5. The van der Waals surface area contributed by atoms with Gasteiger partial charge in [-0.3, -0.25) is 0 Å². The Kier molecular flexibility index (Phi) is 9.33. The predicted molar refractivity (Wildman–Crippen MR) is 165 cm³/mol. The monoisotopic (exact) mass is 513 g/mol. The van der Waals surface area contributed by atoms with Crippen LogP contribution in [0.25, 0.3) is 0 Å². The smallest absolute Gasteiger partial charge is 0.0712 e. The molecule has 0 saturated heterocycles. The van der Waals surface area contributed by atoms with Crippen LogP contribution < -0.4 is 28.7 Å². The van der Waals surface area contributed by atoms with E-state index in [-0.39, 0.29) is 10.8 Å². The van der Waals surface area contributed by atoms with Gasteiger partial charge >= 0.3 is 0 Å². The molecule has 38 heavy (non-hydrogen) atoms. The minimum Gasteiger partial charge on any atom is -0.401 e. The van der Waals surface area contributed by atoms with Crippen molar-refractivity contribution >= 4 is 5.69 Å². The van der Waals surface area contributed by atoms with E-state index in [4.69, 9.17) is 28.7 Å². The molecular weight excluding hydrogens is 466 g/mol. The Hall–Kier alpha value is -3.86. The molecular formula is C33H47N5. The van der Waals surface area contributed by atoms with Gasteiger partial charge in [0, 0.05) is 44.7 Å². The highest BCUT2D eigenvalue weighted by atomic mass is 14.7. The van der Waals surface area contributed by atoms with E-state index in [2.05, 4.69) is 52.0 Å². The fourth-order valence-corrected chi connectivity index (χ4v) is 3.94. The summed E-state index contributed by atoms with van der Waals surface area (Å²) in [5.74, 6) is 0. The summed E-state index contributed by atoms with van der Waals surface area (Å²) < 4.78 is 0. The molecule has 1 aromatic rings. The van der Waals surface area contributed by atoms with E-state index in [1.165, 1.54) is 0 Å². The first-order valence-corrected chi connectivity index (χ1v) is 13.0. The number of benzene rings is 1. The first-order chi connectivity index (χ1) is 17.5. The van der Waals surface area contributed by atoms with Crippen molar-refractivity contribution in [3.8, 4) is 0 Å². The molecule has 0 aromatic heterocycles. The lowest BCUT2D eigenvalue weighted by molar-refractivity contribution is 0.524. The zero-order chi connectivity index (χ0) is 28.8. The Bertz CT molecular complexity index is 1160. The molecule has 0 bridgehead atoms. The number of anilines is 1. The van der Waals surface area contributed by atoms with E-state index in [1.807, 2.05) is 93.6 Å². The zero-order valence-corrected chi connectivity index (χ0v) is 24.1. The van der Waals surface area contributed by atoms with Gasteiger partial charge in [-0.2, -0.15) is 0 Å². The maximum absolute atomic E-state index is 6.73. The van der Waals surface area contributed by atoms with Crippen LogP contribution in [0.4, 0.5) is 5.69 Å². The Morgan fingerprint density at radius 2 is 0.763 bits per heavy atom. The normalized spacial score (nSPS) is 32.1. The lowest BCUT2D eigenvalue weighted by atomic mass is 9.76. The first-order valence-electron chi connectivity index (χ1n) is 13.0. The van der Waals surface area contributed by atoms with Gasteiger partial charge in [-0.1, -0.05) is 88.4 Å². The maximum atomic E-state index is 6.73. The van der Waals surface area contributed by atoms with Gasteiger partial charge in [0.15, 0.2) is 0 Å². The van der Waals surface area contributed by atoms with Gasteiger partial charge in [0.2, 0.25) is 0 Å². The lowest BCUT2D eigenvalue weighted by Crippen LogP contribution is -2.35. The second-order valence-corrected chi connectivity index (χ2v) is 11.9. The molecule has 0 amide bonds. The van der Waals surface area contributed by atoms with Crippen molar-refractivity contribution < 1.29 is 0 Å². The van der Waals surface area contributed by atoms with Gasteiger partial charge < -0.3 is 28.7 Å². The number of rotatable bonds is 1. The molecule has 1 aliphatic carbocycles. The summed E-state index contributed by atoms with van der Waals surface area (Å²) in [6.07, 6.45) is 23.9. The summed E-state index contributed by atoms with van der Waals surface area (Å²) in [4.78, 5) is 0. The van der Waals surface area contributed by atoms with Crippen molar-refractivity contribution in [2.75, 3.05) is 5.73 Å². The summed E-state index contributed by atoms with van der Waals surface area (Å²) in [6.45, 7) is 14.5. The zero-order valence-electron chi connectivity index (χ0n) is 24.1. The molecule has 10 N–H and O–H groups in total. The molecule has 0 fully saturated rings. The second kappa shape index (κ2) is 11.7. The third-order valence-electron chi connectivity index (χ3n) is 7.29. The van der Waals surface area contributed by atoms with Crippen molar-refractivity contribution in [3.05, 3.63) is 126 Å². The van der Waals surface area contributed by atoms with E-state index in [0.717, 1.165) is 5.56 Å². The predicted octanol–water partition coefficient (Wildman–Crippen LogP) is 6.21. The summed E-state index contributed by atoms with van der Waals surface area (Å²) in [5, 5.41) is 0. The summed E-state index contributed by atoms with van der Waals surface area (Å²) in [5.41, 5.74) is 34.9. The largest absolute Gasteiger partial charge is 0.401 e. The van der Waals surface area contributed by atoms with E-state index in [9.17, 15) is 0 Å². The molecule has 1 atom stereocenters. The van der Waals surface area contributed by atoms with Gasteiger partial charge in [0.1, 0.15) is 0 Å². The number of nitrogens with two attached hydrogens (primary N) is 5.